The van der Waals surface area contributed by atoms with Crippen molar-refractivity contribution < 1.29 is 0 Å². The van der Waals surface area contributed by atoms with Crippen LogP contribution < -0.4 is 0 Å². The molecule has 0 radical (unpaired) electrons. The molecule has 2 aromatic carbocycles. The molecule has 0 unspecified atom stereocenters. The van der Waals surface area contributed by atoms with E-state index in [0.29, 0.717) is 0 Å². The van der Waals surface area contributed by atoms with E-state index in [1.165, 1.54) is 58.8 Å². The van der Waals surface area contributed by atoms with Crippen molar-refractivity contribution in [1.82, 2.24) is 8.75 Å². The molecular formula is C26H34N2SSi2. The Labute approximate surface area is 194 Å². The number of benzene rings is 2. The summed E-state index contributed by atoms with van der Waals surface area (Å²) >= 11 is 1.28. The first kappa shape index (κ1) is 23.7. The number of nitrogens with zero attached hydrogens (tertiary/aromatic N) is 2. The smallest absolute Gasteiger partial charge is 0.138 e. The van der Waals surface area contributed by atoms with Crippen molar-refractivity contribution >= 4 is 49.7 Å². The molecule has 0 aliphatic heterocycles. The van der Waals surface area contributed by atoms with E-state index in [2.05, 4.69) is 88.7 Å². The van der Waals surface area contributed by atoms with E-state index in [4.69, 9.17) is 8.75 Å². The topological polar surface area (TPSA) is 25.8 Å². The summed E-state index contributed by atoms with van der Waals surface area (Å²) < 4.78 is 9.40. The Morgan fingerprint density at radius 3 is 1.32 bits per heavy atom. The van der Waals surface area contributed by atoms with E-state index in [1.807, 2.05) is 0 Å². The summed E-state index contributed by atoms with van der Waals surface area (Å²) in [6.45, 7) is 13.8. The first-order valence-corrected chi connectivity index (χ1v) is 17.7. The van der Waals surface area contributed by atoms with E-state index in [1.54, 1.807) is 0 Å². The van der Waals surface area contributed by atoms with Crippen LogP contribution in [0.25, 0.3) is 21.8 Å². The summed E-state index contributed by atoms with van der Waals surface area (Å²) in [5.74, 6) is 7.24. The van der Waals surface area contributed by atoms with Gasteiger partial charge in [-0.3, -0.25) is 0 Å². The molecule has 3 rings (SSSR count). The van der Waals surface area contributed by atoms with Gasteiger partial charge >= 0.3 is 0 Å². The molecule has 2 nitrogen and oxygen atoms in total. The predicted molar refractivity (Wildman–Crippen MR) is 143 cm³/mol. The zero-order valence-corrected chi connectivity index (χ0v) is 22.7. The first-order valence-electron chi connectivity index (χ1n) is 11.8. The lowest BCUT2D eigenvalue weighted by atomic mass is 9.98. The molecule has 0 aliphatic carbocycles. The van der Waals surface area contributed by atoms with E-state index < -0.39 is 16.1 Å². The fourth-order valence-electron chi connectivity index (χ4n) is 4.36. The maximum absolute atomic E-state index is 4.70. The molecule has 0 N–H and O–H groups in total. The zero-order chi connectivity index (χ0) is 22.5. The Kier molecular flexibility index (Phi) is 7.75. The van der Waals surface area contributed by atoms with Gasteiger partial charge in [-0.05, 0) is 36.3 Å². The van der Waals surface area contributed by atoms with Crippen LogP contribution in [-0.2, 0) is 0 Å². The van der Waals surface area contributed by atoms with Gasteiger partial charge < -0.3 is 0 Å². The van der Waals surface area contributed by atoms with Crippen LogP contribution in [0, 0.1) is 22.9 Å². The number of rotatable bonds is 6. The summed E-state index contributed by atoms with van der Waals surface area (Å²) in [5, 5.41) is 2.34. The third kappa shape index (κ3) is 4.51. The van der Waals surface area contributed by atoms with Crippen molar-refractivity contribution in [2.75, 3.05) is 0 Å². The summed E-state index contributed by atoms with van der Waals surface area (Å²) in [7, 11) is -3.10. The fourth-order valence-corrected chi connectivity index (χ4v) is 9.77. The van der Waals surface area contributed by atoms with Crippen LogP contribution >= 0.6 is 11.7 Å². The van der Waals surface area contributed by atoms with Crippen molar-refractivity contribution in [3.63, 3.8) is 0 Å². The van der Waals surface area contributed by atoms with Gasteiger partial charge in [-0.1, -0.05) is 77.6 Å². The third-order valence-corrected chi connectivity index (χ3v) is 17.4. The van der Waals surface area contributed by atoms with Gasteiger partial charge in [0.05, 0.1) is 22.9 Å². The van der Waals surface area contributed by atoms with Crippen LogP contribution in [0.4, 0.5) is 0 Å². The third-order valence-electron chi connectivity index (χ3n) is 7.39. The van der Waals surface area contributed by atoms with Crippen molar-refractivity contribution in [2.24, 2.45) is 0 Å². The molecule has 5 heteroatoms. The average Bonchev–Trinajstić information content (AvgIpc) is 3.31. The van der Waals surface area contributed by atoms with E-state index in [0.717, 1.165) is 22.2 Å². The van der Waals surface area contributed by atoms with Gasteiger partial charge in [0, 0.05) is 10.8 Å². The summed E-state index contributed by atoms with van der Waals surface area (Å²) in [6, 6.07) is 15.8. The lowest BCUT2D eigenvalue weighted by Gasteiger charge is -2.20. The minimum atomic E-state index is -1.55. The Hall–Kier alpha value is -1.93. The molecule has 0 aliphatic rings. The minimum Gasteiger partial charge on any atom is -0.172 e. The van der Waals surface area contributed by atoms with E-state index >= 15 is 0 Å². The first-order chi connectivity index (χ1) is 15.0. The normalized spacial score (nSPS) is 11.8. The maximum atomic E-state index is 4.70. The van der Waals surface area contributed by atoms with Gasteiger partial charge in [0.1, 0.15) is 27.2 Å². The van der Waals surface area contributed by atoms with Gasteiger partial charge in [-0.15, -0.1) is 11.1 Å². The molecule has 0 fully saturated rings. The second-order valence-corrected chi connectivity index (χ2v) is 18.8. The van der Waals surface area contributed by atoms with Crippen LogP contribution in [0.1, 0.15) is 52.7 Å². The molecule has 0 spiro atoms. The van der Waals surface area contributed by atoms with E-state index in [9.17, 15) is 0 Å². The Morgan fingerprint density at radius 2 is 1.00 bits per heavy atom. The van der Waals surface area contributed by atoms with Crippen LogP contribution in [0.3, 0.4) is 0 Å². The quantitative estimate of drug-likeness (QED) is 0.278. The highest BCUT2D eigenvalue weighted by Crippen LogP contribution is 2.32. The largest absolute Gasteiger partial charge is 0.172 e. The highest BCUT2D eigenvalue weighted by molar-refractivity contribution is 7.00. The second kappa shape index (κ2) is 10.1. The number of hydrogen-bond acceptors (Lipinski definition) is 3. The van der Waals surface area contributed by atoms with Crippen molar-refractivity contribution in [1.29, 1.82) is 0 Å². The number of aromatic nitrogens is 2. The Balaban J connectivity index is 2.32. The minimum absolute atomic E-state index is 0.934. The highest BCUT2D eigenvalue weighted by atomic mass is 32.1. The lowest BCUT2D eigenvalue weighted by Crippen LogP contribution is -2.29. The van der Waals surface area contributed by atoms with Gasteiger partial charge in [0.15, 0.2) is 0 Å². The summed E-state index contributed by atoms with van der Waals surface area (Å²) in [5.41, 5.74) is 11.5. The Morgan fingerprint density at radius 1 is 0.645 bits per heavy atom. The molecular weight excluding hydrogens is 429 g/mol. The molecule has 0 amide bonds. The SMILES string of the molecule is CC[Si](C#Cc1c2ccccc2c(C#C[Si](CC)(CC)CC)c2nsnc12)(CC)CC. The van der Waals surface area contributed by atoms with Crippen LogP contribution in [0.15, 0.2) is 24.3 Å². The molecule has 0 saturated carbocycles. The van der Waals surface area contributed by atoms with Crippen LogP contribution in [0.2, 0.25) is 36.3 Å². The average molecular weight is 463 g/mol. The maximum Gasteiger partial charge on any atom is 0.138 e. The van der Waals surface area contributed by atoms with Gasteiger partial charge in [-0.2, -0.15) is 8.75 Å². The van der Waals surface area contributed by atoms with Gasteiger partial charge in [0.2, 0.25) is 0 Å². The summed E-state index contributed by atoms with van der Waals surface area (Å²) in [6.07, 6.45) is 0. The molecule has 1 heterocycles. The molecule has 0 bridgehead atoms. The van der Waals surface area contributed by atoms with Crippen LogP contribution in [0.5, 0.6) is 0 Å². The molecule has 0 atom stereocenters. The molecule has 1 aromatic heterocycles. The van der Waals surface area contributed by atoms with Gasteiger partial charge in [-0.25, -0.2) is 0 Å². The standard InChI is InChI=1S/C26H34N2SSi2/c1-7-30(8-2,9-3)19-17-23-21-15-13-14-16-22(21)24(26-25(23)27-29-28-26)18-20-31(10-4,11-5)12-6/h13-16H,7-12H2,1-6H3. The zero-order valence-electron chi connectivity index (χ0n) is 19.9. The second-order valence-electron chi connectivity index (χ2n) is 8.44. The van der Waals surface area contributed by atoms with Crippen molar-refractivity contribution in [3.8, 4) is 22.9 Å². The van der Waals surface area contributed by atoms with Gasteiger partial charge in [0.25, 0.3) is 0 Å². The monoisotopic (exact) mass is 462 g/mol. The molecule has 31 heavy (non-hydrogen) atoms. The molecule has 162 valence electrons. The van der Waals surface area contributed by atoms with E-state index in [-0.39, 0.29) is 0 Å². The number of hydrogen-bond donors (Lipinski definition) is 0. The predicted octanol–water partition coefficient (Wildman–Crippen LogP) is 7.64. The molecule has 0 saturated heterocycles. The van der Waals surface area contributed by atoms with Crippen molar-refractivity contribution in [3.05, 3.63) is 35.4 Å². The van der Waals surface area contributed by atoms with Crippen molar-refractivity contribution in [2.45, 2.75) is 77.8 Å². The summed E-state index contributed by atoms with van der Waals surface area (Å²) in [4.78, 5) is 0. The Bertz CT molecular complexity index is 1070. The highest BCUT2D eigenvalue weighted by Gasteiger charge is 2.26. The fraction of sp³-hybridized carbons (Fsp3) is 0.462. The molecule has 3 aromatic rings. The lowest BCUT2D eigenvalue weighted by molar-refractivity contribution is 1.20. The number of fused-ring (bicyclic) bond motifs is 2. The van der Waals surface area contributed by atoms with Crippen LogP contribution in [-0.4, -0.2) is 24.9 Å².